The second-order valence-electron chi connectivity index (χ2n) is 5.78. The van der Waals surface area contributed by atoms with Gasteiger partial charge in [0.05, 0.1) is 6.20 Å². The van der Waals surface area contributed by atoms with Gasteiger partial charge in [-0.1, -0.05) is 0 Å². The first-order valence-corrected chi connectivity index (χ1v) is 6.69. The molecule has 0 aliphatic rings. The van der Waals surface area contributed by atoms with E-state index >= 15 is 0 Å². The lowest BCUT2D eigenvalue weighted by molar-refractivity contribution is 0.191. The zero-order valence-electron chi connectivity index (χ0n) is 12.4. The highest BCUT2D eigenvalue weighted by atomic mass is 16.5. The average molecular weight is 253 g/mol. The van der Waals surface area contributed by atoms with E-state index in [0.29, 0.717) is 0 Å². The predicted molar refractivity (Wildman–Crippen MR) is 74.7 cm³/mol. The molecule has 0 saturated carbocycles. The van der Waals surface area contributed by atoms with Crippen LogP contribution >= 0.6 is 0 Å². The van der Waals surface area contributed by atoms with Crippen LogP contribution in [0.25, 0.3) is 0 Å². The van der Waals surface area contributed by atoms with Crippen molar-refractivity contribution in [3.8, 4) is 0 Å². The normalized spacial score (nSPS) is 12.1. The largest absolute Gasteiger partial charge is 0.385 e. The molecule has 0 aliphatic heterocycles. The van der Waals surface area contributed by atoms with Crippen molar-refractivity contribution in [3.05, 3.63) is 17.5 Å². The monoisotopic (exact) mass is 253 g/mol. The van der Waals surface area contributed by atoms with E-state index < -0.39 is 0 Å². The molecule has 4 nitrogen and oxygen atoms in total. The van der Waals surface area contributed by atoms with Crippen molar-refractivity contribution in [2.75, 3.05) is 13.7 Å². The fourth-order valence-electron chi connectivity index (χ4n) is 1.75. The fourth-order valence-corrected chi connectivity index (χ4v) is 1.75. The third kappa shape index (κ3) is 5.19. The lowest BCUT2D eigenvalue weighted by Gasteiger charge is -2.20. The predicted octanol–water partition coefficient (Wildman–Crippen LogP) is 2.51. The smallest absolute Gasteiger partial charge is 0.0537 e. The standard InChI is InChI=1S/C14H27N3O/c1-12-13(10-15-14(2,3)4)11-16-17(12)8-6-7-9-18-5/h11,15H,6-10H2,1-5H3. The van der Waals surface area contributed by atoms with E-state index in [1.807, 2.05) is 6.20 Å². The molecule has 1 rings (SSSR count). The van der Waals surface area contributed by atoms with Gasteiger partial charge in [-0.05, 0) is 40.5 Å². The molecule has 0 unspecified atom stereocenters. The van der Waals surface area contributed by atoms with Gasteiger partial charge < -0.3 is 10.1 Å². The summed E-state index contributed by atoms with van der Waals surface area (Å²) in [5, 5.41) is 7.95. The Morgan fingerprint density at radius 3 is 2.67 bits per heavy atom. The Kier molecular flexibility index (Phi) is 5.82. The summed E-state index contributed by atoms with van der Waals surface area (Å²) in [6.07, 6.45) is 4.18. The van der Waals surface area contributed by atoms with E-state index in [4.69, 9.17) is 4.74 Å². The molecule has 0 fully saturated rings. The first kappa shape index (κ1) is 15.2. The second-order valence-corrected chi connectivity index (χ2v) is 5.78. The minimum Gasteiger partial charge on any atom is -0.385 e. The average Bonchev–Trinajstić information content (AvgIpc) is 2.63. The summed E-state index contributed by atoms with van der Waals surface area (Å²) in [6, 6.07) is 0. The van der Waals surface area contributed by atoms with Crippen molar-refractivity contribution in [2.45, 2.75) is 59.2 Å². The number of unbranched alkanes of at least 4 members (excludes halogenated alkanes) is 1. The van der Waals surface area contributed by atoms with Gasteiger partial charge in [-0.15, -0.1) is 0 Å². The molecule has 0 atom stereocenters. The number of ether oxygens (including phenoxy) is 1. The molecule has 1 N–H and O–H groups in total. The van der Waals surface area contributed by atoms with Gasteiger partial charge in [-0.25, -0.2) is 0 Å². The minimum absolute atomic E-state index is 0.146. The molecule has 1 aromatic rings. The summed E-state index contributed by atoms with van der Waals surface area (Å²) < 4.78 is 7.14. The number of rotatable bonds is 7. The molecule has 0 spiro atoms. The highest BCUT2D eigenvalue weighted by Gasteiger charge is 2.11. The molecule has 4 heteroatoms. The van der Waals surface area contributed by atoms with E-state index in [1.54, 1.807) is 7.11 Å². The van der Waals surface area contributed by atoms with Gasteiger partial charge in [0.15, 0.2) is 0 Å². The Morgan fingerprint density at radius 1 is 1.33 bits per heavy atom. The van der Waals surface area contributed by atoms with Crippen LogP contribution in [0.1, 0.15) is 44.9 Å². The molecule has 104 valence electrons. The Labute approximate surface area is 111 Å². The highest BCUT2D eigenvalue weighted by Crippen LogP contribution is 2.10. The van der Waals surface area contributed by atoms with Gasteiger partial charge in [0.1, 0.15) is 0 Å². The SMILES string of the molecule is COCCCCn1ncc(CNC(C)(C)C)c1C. The fraction of sp³-hybridized carbons (Fsp3) is 0.786. The number of hydrogen-bond donors (Lipinski definition) is 1. The Bertz CT molecular complexity index is 352. The maximum absolute atomic E-state index is 5.05. The van der Waals surface area contributed by atoms with Crippen LogP contribution < -0.4 is 5.32 Å². The van der Waals surface area contributed by atoms with Gasteiger partial charge >= 0.3 is 0 Å². The maximum atomic E-state index is 5.05. The van der Waals surface area contributed by atoms with Crippen LogP contribution in [0.15, 0.2) is 6.20 Å². The molecule has 0 aromatic carbocycles. The third-order valence-corrected chi connectivity index (χ3v) is 2.98. The van der Waals surface area contributed by atoms with Crippen LogP contribution in [0.4, 0.5) is 0 Å². The van der Waals surface area contributed by atoms with E-state index in [0.717, 1.165) is 32.5 Å². The van der Waals surface area contributed by atoms with Crippen molar-refractivity contribution in [1.29, 1.82) is 0 Å². The van der Waals surface area contributed by atoms with Crippen LogP contribution in [-0.4, -0.2) is 29.0 Å². The molecule has 0 saturated heterocycles. The number of methoxy groups -OCH3 is 1. The van der Waals surface area contributed by atoms with Gasteiger partial charge in [0, 0.05) is 43.6 Å². The summed E-state index contributed by atoms with van der Waals surface area (Å²) in [4.78, 5) is 0. The van der Waals surface area contributed by atoms with Crippen molar-refractivity contribution in [3.63, 3.8) is 0 Å². The Hall–Kier alpha value is -0.870. The van der Waals surface area contributed by atoms with Crippen LogP contribution in [-0.2, 0) is 17.8 Å². The zero-order chi connectivity index (χ0) is 13.6. The molecule has 0 radical (unpaired) electrons. The summed E-state index contributed by atoms with van der Waals surface area (Å²) in [6.45, 7) is 11.4. The number of hydrogen-bond acceptors (Lipinski definition) is 3. The summed E-state index contributed by atoms with van der Waals surface area (Å²) >= 11 is 0. The van der Waals surface area contributed by atoms with Gasteiger partial charge in [-0.3, -0.25) is 4.68 Å². The van der Waals surface area contributed by atoms with Crippen LogP contribution in [0.2, 0.25) is 0 Å². The van der Waals surface area contributed by atoms with Crippen LogP contribution in [0.5, 0.6) is 0 Å². The van der Waals surface area contributed by atoms with Gasteiger partial charge in [0.2, 0.25) is 0 Å². The molecule has 18 heavy (non-hydrogen) atoms. The Balaban J connectivity index is 2.45. The summed E-state index contributed by atoms with van der Waals surface area (Å²) in [7, 11) is 1.75. The molecule has 0 amide bonds. The number of aryl methyl sites for hydroxylation is 1. The molecule has 0 aliphatic carbocycles. The quantitative estimate of drug-likeness (QED) is 0.759. The molecular formula is C14H27N3O. The molecule has 0 bridgehead atoms. The van der Waals surface area contributed by atoms with Crippen LogP contribution in [0, 0.1) is 6.92 Å². The molecule has 1 aromatic heterocycles. The van der Waals surface area contributed by atoms with Crippen LogP contribution in [0.3, 0.4) is 0 Å². The Morgan fingerprint density at radius 2 is 2.06 bits per heavy atom. The maximum Gasteiger partial charge on any atom is 0.0537 e. The molecule has 1 heterocycles. The first-order chi connectivity index (χ1) is 8.44. The van der Waals surface area contributed by atoms with Crippen molar-refractivity contribution < 1.29 is 4.74 Å². The van der Waals surface area contributed by atoms with Crippen molar-refractivity contribution >= 4 is 0 Å². The zero-order valence-corrected chi connectivity index (χ0v) is 12.4. The number of aromatic nitrogens is 2. The van der Waals surface area contributed by atoms with E-state index in [-0.39, 0.29) is 5.54 Å². The van der Waals surface area contributed by atoms with E-state index in [2.05, 4.69) is 42.8 Å². The lowest BCUT2D eigenvalue weighted by atomic mass is 10.1. The highest BCUT2D eigenvalue weighted by molar-refractivity contribution is 5.16. The minimum atomic E-state index is 0.146. The number of nitrogens with zero attached hydrogens (tertiary/aromatic N) is 2. The summed E-state index contributed by atoms with van der Waals surface area (Å²) in [5.41, 5.74) is 2.70. The topological polar surface area (TPSA) is 39.1 Å². The second kappa shape index (κ2) is 6.90. The summed E-state index contributed by atoms with van der Waals surface area (Å²) in [5.74, 6) is 0. The van der Waals surface area contributed by atoms with E-state index in [1.165, 1.54) is 11.3 Å². The third-order valence-electron chi connectivity index (χ3n) is 2.98. The first-order valence-electron chi connectivity index (χ1n) is 6.69. The number of nitrogens with one attached hydrogen (secondary N) is 1. The van der Waals surface area contributed by atoms with Crippen molar-refractivity contribution in [1.82, 2.24) is 15.1 Å². The molecular weight excluding hydrogens is 226 g/mol. The van der Waals surface area contributed by atoms with Gasteiger partial charge in [0.25, 0.3) is 0 Å². The van der Waals surface area contributed by atoms with E-state index in [9.17, 15) is 0 Å². The lowest BCUT2D eigenvalue weighted by Crippen LogP contribution is -2.35. The van der Waals surface area contributed by atoms with Crippen molar-refractivity contribution in [2.24, 2.45) is 0 Å². The van der Waals surface area contributed by atoms with Gasteiger partial charge in [-0.2, -0.15) is 5.10 Å².